The molecule has 0 atom stereocenters. The molecule has 0 bridgehead atoms. The van der Waals surface area contributed by atoms with Crippen LogP contribution in [0.4, 0.5) is 5.82 Å². The van der Waals surface area contributed by atoms with Crippen LogP contribution < -0.4 is 14.8 Å². The molecular formula is C21H17N3O4. The molecule has 2 heterocycles. The van der Waals surface area contributed by atoms with E-state index in [1.54, 1.807) is 43.6 Å². The van der Waals surface area contributed by atoms with Crippen LogP contribution in [0.2, 0.25) is 0 Å². The molecule has 0 aliphatic carbocycles. The number of rotatable bonds is 5. The molecule has 0 saturated heterocycles. The normalized spacial score (nSPS) is 10.6. The summed E-state index contributed by atoms with van der Waals surface area (Å²) < 4.78 is 16.2. The SMILES string of the molecule is COc1ccc(C(=O)Nc2cc(-c3nc4ccccc4o3)ccn2)cc1OC. The first-order chi connectivity index (χ1) is 13.7. The second-order valence-electron chi connectivity index (χ2n) is 5.94. The van der Waals surface area contributed by atoms with E-state index in [4.69, 9.17) is 13.9 Å². The van der Waals surface area contributed by atoms with Crippen LogP contribution in [-0.4, -0.2) is 30.1 Å². The maximum Gasteiger partial charge on any atom is 0.256 e. The van der Waals surface area contributed by atoms with Gasteiger partial charge in [0.15, 0.2) is 17.1 Å². The van der Waals surface area contributed by atoms with Gasteiger partial charge in [-0.3, -0.25) is 4.79 Å². The van der Waals surface area contributed by atoms with Gasteiger partial charge in [0.25, 0.3) is 5.91 Å². The fraction of sp³-hybridized carbons (Fsp3) is 0.0952. The van der Waals surface area contributed by atoms with Gasteiger partial charge in [-0.2, -0.15) is 0 Å². The molecule has 0 unspecified atom stereocenters. The molecule has 140 valence electrons. The summed E-state index contributed by atoms with van der Waals surface area (Å²) in [5, 5.41) is 2.78. The highest BCUT2D eigenvalue weighted by Gasteiger charge is 2.13. The zero-order chi connectivity index (χ0) is 19.5. The van der Waals surface area contributed by atoms with Gasteiger partial charge >= 0.3 is 0 Å². The first-order valence-electron chi connectivity index (χ1n) is 8.53. The van der Waals surface area contributed by atoms with E-state index in [1.807, 2.05) is 24.3 Å². The van der Waals surface area contributed by atoms with Crippen LogP contribution in [0.3, 0.4) is 0 Å². The lowest BCUT2D eigenvalue weighted by Gasteiger charge is -2.10. The Hall–Kier alpha value is -3.87. The maximum absolute atomic E-state index is 12.6. The summed E-state index contributed by atoms with van der Waals surface area (Å²) in [6.07, 6.45) is 1.59. The summed E-state index contributed by atoms with van der Waals surface area (Å²) >= 11 is 0. The smallest absolute Gasteiger partial charge is 0.256 e. The monoisotopic (exact) mass is 375 g/mol. The van der Waals surface area contributed by atoms with E-state index in [2.05, 4.69) is 15.3 Å². The highest BCUT2D eigenvalue weighted by Crippen LogP contribution is 2.28. The minimum atomic E-state index is -0.317. The molecule has 0 saturated carbocycles. The van der Waals surface area contributed by atoms with Crippen molar-refractivity contribution in [2.24, 2.45) is 0 Å². The van der Waals surface area contributed by atoms with E-state index < -0.39 is 0 Å². The molecule has 7 nitrogen and oxygen atoms in total. The molecule has 0 fully saturated rings. The molecule has 0 aliphatic rings. The van der Waals surface area contributed by atoms with Crippen LogP contribution in [-0.2, 0) is 0 Å². The number of hydrogen-bond acceptors (Lipinski definition) is 6. The van der Waals surface area contributed by atoms with Gasteiger partial charge in [-0.25, -0.2) is 9.97 Å². The number of nitrogens with zero attached hydrogens (tertiary/aromatic N) is 2. The molecule has 4 aromatic rings. The lowest BCUT2D eigenvalue weighted by molar-refractivity contribution is 0.102. The average Bonchev–Trinajstić information content (AvgIpc) is 3.17. The second-order valence-corrected chi connectivity index (χ2v) is 5.94. The number of hydrogen-bond donors (Lipinski definition) is 1. The number of para-hydroxylation sites is 2. The third kappa shape index (κ3) is 3.37. The van der Waals surface area contributed by atoms with Gasteiger partial charge in [0, 0.05) is 17.3 Å². The summed E-state index contributed by atoms with van der Waals surface area (Å²) in [5.74, 6) is 1.56. The Bertz CT molecular complexity index is 1120. The lowest BCUT2D eigenvalue weighted by Crippen LogP contribution is -2.13. The summed E-state index contributed by atoms with van der Waals surface area (Å²) in [4.78, 5) is 21.3. The number of amides is 1. The highest BCUT2D eigenvalue weighted by atomic mass is 16.5. The number of carbonyl (C=O) groups excluding carboxylic acids is 1. The van der Waals surface area contributed by atoms with Crippen LogP contribution in [0.5, 0.6) is 11.5 Å². The third-order valence-corrected chi connectivity index (χ3v) is 4.19. The van der Waals surface area contributed by atoms with Crippen molar-refractivity contribution >= 4 is 22.8 Å². The van der Waals surface area contributed by atoms with E-state index in [9.17, 15) is 4.79 Å². The Morgan fingerprint density at radius 2 is 1.82 bits per heavy atom. The van der Waals surface area contributed by atoms with Crippen molar-refractivity contribution in [1.82, 2.24) is 9.97 Å². The summed E-state index contributed by atoms with van der Waals surface area (Å²) in [5.41, 5.74) is 2.61. The van der Waals surface area contributed by atoms with Gasteiger partial charge in [0.05, 0.1) is 14.2 Å². The van der Waals surface area contributed by atoms with Crippen molar-refractivity contribution in [2.75, 3.05) is 19.5 Å². The van der Waals surface area contributed by atoms with Gasteiger partial charge in [0.1, 0.15) is 11.3 Å². The van der Waals surface area contributed by atoms with E-state index in [1.165, 1.54) is 7.11 Å². The van der Waals surface area contributed by atoms with Crippen molar-refractivity contribution in [3.8, 4) is 23.0 Å². The molecule has 2 aromatic carbocycles. The molecule has 2 aromatic heterocycles. The molecule has 0 radical (unpaired) electrons. The number of aromatic nitrogens is 2. The fourth-order valence-corrected chi connectivity index (χ4v) is 2.79. The average molecular weight is 375 g/mol. The summed E-state index contributed by atoms with van der Waals surface area (Å²) in [6.45, 7) is 0. The molecule has 1 N–H and O–H groups in total. The number of anilines is 1. The lowest BCUT2D eigenvalue weighted by atomic mass is 10.2. The van der Waals surface area contributed by atoms with E-state index in [-0.39, 0.29) is 5.91 Å². The number of fused-ring (bicyclic) bond motifs is 1. The number of nitrogens with one attached hydrogen (secondary N) is 1. The Morgan fingerprint density at radius 3 is 2.61 bits per heavy atom. The zero-order valence-corrected chi connectivity index (χ0v) is 15.3. The fourth-order valence-electron chi connectivity index (χ4n) is 2.79. The molecule has 1 amide bonds. The van der Waals surface area contributed by atoms with Crippen LogP contribution in [0, 0.1) is 0 Å². The van der Waals surface area contributed by atoms with Crippen molar-refractivity contribution in [3.63, 3.8) is 0 Å². The molecule has 7 heteroatoms. The van der Waals surface area contributed by atoms with Gasteiger partial charge in [-0.05, 0) is 42.5 Å². The molecule has 0 aliphatic heterocycles. The quantitative estimate of drug-likeness (QED) is 0.564. The number of ether oxygens (including phenoxy) is 2. The highest BCUT2D eigenvalue weighted by molar-refractivity contribution is 6.04. The van der Waals surface area contributed by atoms with Gasteiger partial charge in [0.2, 0.25) is 5.89 Å². The Labute approximate surface area is 160 Å². The minimum Gasteiger partial charge on any atom is -0.493 e. The number of carbonyl (C=O) groups is 1. The zero-order valence-electron chi connectivity index (χ0n) is 15.3. The van der Waals surface area contributed by atoms with Crippen molar-refractivity contribution < 1.29 is 18.7 Å². The molecule has 4 rings (SSSR count). The Kier molecular flexibility index (Phi) is 4.63. The summed E-state index contributed by atoms with van der Waals surface area (Å²) in [7, 11) is 3.06. The predicted molar refractivity (Wildman–Crippen MR) is 105 cm³/mol. The number of oxazole rings is 1. The van der Waals surface area contributed by atoms with Crippen molar-refractivity contribution in [2.45, 2.75) is 0 Å². The Morgan fingerprint density at radius 1 is 1.00 bits per heavy atom. The minimum absolute atomic E-state index is 0.317. The Balaban J connectivity index is 1.59. The van der Waals surface area contributed by atoms with E-state index in [0.29, 0.717) is 39.9 Å². The first-order valence-corrected chi connectivity index (χ1v) is 8.53. The number of methoxy groups -OCH3 is 2. The van der Waals surface area contributed by atoms with E-state index in [0.717, 1.165) is 5.52 Å². The molecular weight excluding hydrogens is 358 g/mol. The van der Waals surface area contributed by atoms with Crippen LogP contribution in [0.15, 0.2) is 65.2 Å². The van der Waals surface area contributed by atoms with Gasteiger partial charge < -0.3 is 19.2 Å². The largest absolute Gasteiger partial charge is 0.493 e. The predicted octanol–water partition coefficient (Wildman–Crippen LogP) is 4.16. The topological polar surface area (TPSA) is 86.5 Å². The van der Waals surface area contributed by atoms with Crippen molar-refractivity contribution in [3.05, 3.63) is 66.4 Å². The first kappa shape index (κ1) is 17.5. The number of pyridine rings is 1. The third-order valence-electron chi connectivity index (χ3n) is 4.19. The maximum atomic E-state index is 12.6. The van der Waals surface area contributed by atoms with Crippen LogP contribution in [0.1, 0.15) is 10.4 Å². The summed E-state index contributed by atoms with van der Waals surface area (Å²) in [6, 6.07) is 15.9. The van der Waals surface area contributed by atoms with Gasteiger partial charge in [-0.15, -0.1) is 0 Å². The molecule has 0 spiro atoms. The van der Waals surface area contributed by atoms with Crippen molar-refractivity contribution in [1.29, 1.82) is 0 Å². The van der Waals surface area contributed by atoms with Gasteiger partial charge in [-0.1, -0.05) is 12.1 Å². The van der Waals surface area contributed by atoms with Crippen LogP contribution in [0.25, 0.3) is 22.6 Å². The number of benzene rings is 2. The molecule has 28 heavy (non-hydrogen) atoms. The second kappa shape index (κ2) is 7.40. The van der Waals surface area contributed by atoms with E-state index >= 15 is 0 Å². The van der Waals surface area contributed by atoms with Crippen LogP contribution >= 0.6 is 0 Å². The standard InChI is InChI=1S/C21H17N3O4/c1-26-17-8-7-13(11-18(17)27-2)20(25)24-19-12-14(9-10-22-19)21-23-15-5-3-4-6-16(15)28-21/h3-12H,1-2H3,(H,22,24,25).